The van der Waals surface area contributed by atoms with E-state index < -0.39 is 0 Å². The van der Waals surface area contributed by atoms with E-state index in [1.54, 1.807) is 14.0 Å². The SMILES string of the molecule is CC1CCCO1.CCOC.CCOC#N. The molecular weight excluding hydrogens is 194 g/mol. The second kappa shape index (κ2) is 15.7. The highest BCUT2D eigenvalue weighted by Gasteiger charge is 2.07. The minimum absolute atomic E-state index is 0.483. The van der Waals surface area contributed by atoms with Crippen molar-refractivity contribution in [3.05, 3.63) is 0 Å². The molecule has 15 heavy (non-hydrogen) atoms. The normalized spacial score (nSPS) is 17.7. The molecule has 1 aliphatic heterocycles. The smallest absolute Gasteiger partial charge is 0.286 e. The van der Waals surface area contributed by atoms with Crippen LogP contribution in [-0.2, 0) is 14.2 Å². The second-order valence-corrected chi connectivity index (χ2v) is 2.93. The number of nitrogens with zero attached hydrogens (tertiary/aromatic N) is 1. The van der Waals surface area contributed by atoms with Crippen LogP contribution >= 0.6 is 0 Å². The third-order valence-electron chi connectivity index (χ3n) is 1.65. The molecule has 90 valence electrons. The molecule has 1 aliphatic rings. The Balaban J connectivity index is 0. The van der Waals surface area contributed by atoms with Crippen molar-refractivity contribution in [3.63, 3.8) is 0 Å². The number of ether oxygens (including phenoxy) is 3. The van der Waals surface area contributed by atoms with Crippen molar-refractivity contribution in [3.8, 4) is 6.26 Å². The zero-order valence-electron chi connectivity index (χ0n) is 10.3. The highest BCUT2D eigenvalue weighted by molar-refractivity contribution is 4.56. The van der Waals surface area contributed by atoms with Crippen molar-refractivity contribution < 1.29 is 14.2 Å². The van der Waals surface area contributed by atoms with Crippen molar-refractivity contribution >= 4 is 0 Å². The van der Waals surface area contributed by atoms with Gasteiger partial charge in [0.15, 0.2) is 0 Å². The molecule has 1 fully saturated rings. The van der Waals surface area contributed by atoms with Gasteiger partial charge in [-0.2, -0.15) is 5.26 Å². The summed E-state index contributed by atoms with van der Waals surface area (Å²) in [6.07, 6.45) is 4.59. The Hall–Kier alpha value is -0.790. The molecule has 1 saturated heterocycles. The van der Waals surface area contributed by atoms with Crippen LogP contribution in [0.1, 0.15) is 33.6 Å². The summed E-state index contributed by atoms with van der Waals surface area (Å²) in [6, 6.07) is 0. The summed E-state index contributed by atoms with van der Waals surface area (Å²) in [7, 11) is 1.68. The molecule has 0 aliphatic carbocycles. The Bertz CT molecular complexity index is 137. The molecule has 1 rings (SSSR count). The predicted molar refractivity (Wildman–Crippen MR) is 59.4 cm³/mol. The fourth-order valence-electron chi connectivity index (χ4n) is 0.803. The lowest BCUT2D eigenvalue weighted by atomic mass is 10.3. The summed E-state index contributed by atoms with van der Waals surface area (Å²) in [5, 5.41) is 7.59. The largest absolute Gasteiger partial charge is 0.428 e. The average molecular weight is 217 g/mol. The van der Waals surface area contributed by atoms with E-state index in [-0.39, 0.29) is 0 Å². The number of hydrogen-bond acceptors (Lipinski definition) is 4. The van der Waals surface area contributed by atoms with E-state index in [2.05, 4.69) is 16.4 Å². The van der Waals surface area contributed by atoms with Gasteiger partial charge in [-0.3, -0.25) is 0 Å². The van der Waals surface area contributed by atoms with Gasteiger partial charge in [-0.1, -0.05) is 0 Å². The lowest BCUT2D eigenvalue weighted by Crippen LogP contribution is -1.94. The van der Waals surface area contributed by atoms with Gasteiger partial charge in [-0.25, -0.2) is 0 Å². The third-order valence-corrected chi connectivity index (χ3v) is 1.65. The van der Waals surface area contributed by atoms with Gasteiger partial charge < -0.3 is 14.2 Å². The fraction of sp³-hybridized carbons (Fsp3) is 0.909. The summed E-state index contributed by atoms with van der Waals surface area (Å²) in [6.45, 7) is 8.13. The topological polar surface area (TPSA) is 51.5 Å². The Labute approximate surface area is 93.1 Å². The molecule has 0 bridgehead atoms. The monoisotopic (exact) mass is 217 g/mol. The van der Waals surface area contributed by atoms with Crippen LogP contribution in [0.25, 0.3) is 0 Å². The Kier molecular flexibility index (Phi) is 17.4. The van der Waals surface area contributed by atoms with Gasteiger partial charge in [0.2, 0.25) is 0 Å². The van der Waals surface area contributed by atoms with Crippen molar-refractivity contribution in [2.24, 2.45) is 0 Å². The van der Waals surface area contributed by atoms with Gasteiger partial charge in [-0.15, -0.1) is 0 Å². The van der Waals surface area contributed by atoms with Crippen LogP contribution in [0.15, 0.2) is 0 Å². The number of rotatable bonds is 2. The maximum Gasteiger partial charge on any atom is 0.286 e. The van der Waals surface area contributed by atoms with E-state index in [1.807, 2.05) is 6.92 Å². The third kappa shape index (κ3) is 19.6. The van der Waals surface area contributed by atoms with Crippen LogP contribution in [0.5, 0.6) is 0 Å². The van der Waals surface area contributed by atoms with Gasteiger partial charge >= 0.3 is 0 Å². The first-order valence-corrected chi connectivity index (χ1v) is 5.34. The molecule has 0 aromatic heterocycles. The molecule has 4 nitrogen and oxygen atoms in total. The zero-order valence-corrected chi connectivity index (χ0v) is 10.3. The molecule has 0 spiro atoms. The summed E-state index contributed by atoms with van der Waals surface area (Å²) in [4.78, 5) is 0. The first-order valence-electron chi connectivity index (χ1n) is 5.34. The molecule has 1 unspecified atom stereocenters. The molecule has 1 heterocycles. The Morgan fingerprint density at radius 1 is 1.40 bits per heavy atom. The van der Waals surface area contributed by atoms with Crippen LogP contribution < -0.4 is 0 Å². The van der Waals surface area contributed by atoms with Crippen LogP contribution in [-0.4, -0.2) is 33.0 Å². The summed E-state index contributed by atoms with van der Waals surface area (Å²) in [5.74, 6) is 0. The van der Waals surface area contributed by atoms with Crippen molar-refractivity contribution in [2.45, 2.75) is 39.7 Å². The van der Waals surface area contributed by atoms with E-state index in [9.17, 15) is 0 Å². The molecule has 0 saturated carbocycles. The van der Waals surface area contributed by atoms with E-state index >= 15 is 0 Å². The quantitative estimate of drug-likeness (QED) is 0.666. The van der Waals surface area contributed by atoms with Gasteiger partial charge in [0.05, 0.1) is 12.7 Å². The lowest BCUT2D eigenvalue weighted by Gasteiger charge is -1.94. The van der Waals surface area contributed by atoms with Gasteiger partial charge in [0.25, 0.3) is 6.26 Å². The minimum Gasteiger partial charge on any atom is -0.428 e. The predicted octanol–water partition coefficient (Wildman–Crippen LogP) is 2.34. The van der Waals surface area contributed by atoms with Crippen LogP contribution in [0.4, 0.5) is 0 Å². The number of hydrogen-bond donors (Lipinski definition) is 0. The molecule has 0 aromatic rings. The van der Waals surface area contributed by atoms with E-state index in [0.29, 0.717) is 12.7 Å². The van der Waals surface area contributed by atoms with Crippen LogP contribution in [0, 0.1) is 11.5 Å². The standard InChI is InChI=1S/C5H10O.C3H5NO.C3H8O/c1-5-3-2-4-6-5;1-2-5-3-4;1-3-4-2/h5H,2-4H2,1H3;2H2,1H3;3H2,1-2H3. The Morgan fingerprint density at radius 3 is 2.07 bits per heavy atom. The van der Waals surface area contributed by atoms with Crippen LogP contribution in [0.2, 0.25) is 0 Å². The van der Waals surface area contributed by atoms with Gasteiger partial charge in [0, 0.05) is 20.3 Å². The van der Waals surface area contributed by atoms with Crippen molar-refractivity contribution in [1.82, 2.24) is 0 Å². The highest BCUT2D eigenvalue weighted by atomic mass is 16.5. The first kappa shape index (κ1) is 16.6. The molecule has 0 N–H and O–H groups in total. The van der Waals surface area contributed by atoms with Gasteiger partial charge in [-0.05, 0) is 33.6 Å². The van der Waals surface area contributed by atoms with Crippen molar-refractivity contribution in [1.29, 1.82) is 5.26 Å². The van der Waals surface area contributed by atoms with Gasteiger partial charge in [0.1, 0.15) is 0 Å². The maximum atomic E-state index is 7.59. The first-order chi connectivity index (χ1) is 7.22. The number of methoxy groups -OCH3 is 1. The second-order valence-electron chi connectivity index (χ2n) is 2.93. The zero-order chi connectivity index (χ0) is 11.9. The molecule has 0 amide bonds. The summed E-state index contributed by atoms with van der Waals surface area (Å²) >= 11 is 0. The van der Waals surface area contributed by atoms with E-state index in [0.717, 1.165) is 13.2 Å². The van der Waals surface area contributed by atoms with Crippen LogP contribution in [0.3, 0.4) is 0 Å². The molecule has 0 aromatic carbocycles. The molecule has 0 radical (unpaired) electrons. The fourth-order valence-corrected chi connectivity index (χ4v) is 0.803. The maximum absolute atomic E-state index is 7.59. The molecule has 4 heteroatoms. The highest BCUT2D eigenvalue weighted by Crippen LogP contribution is 2.09. The van der Waals surface area contributed by atoms with Crippen molar-refractivity contribution in [2.75, 3.05) is 26.9 Å². The minimum atomic E-state index is 0.483. The Morgan fingerprint density at radius 2 is 2.00 bits per heavy atom. The summed E-state index contributed by atoms with van der Waals surface area (Å²) in [5.41, 5.74) is 0. The van der Waals surface area contributed by atoms with E-state index in [4.69, 9.17) is 10.00 Å². The van der Waals surface area contributed by atoms with E-state index in [1.165, 1.54) is 19.1 Å². The molecule has 1 atom stereocenters. The lowest BCUT2D eigenvalue weighted by molar-refractivity contribution is 0.125. The average Bonchev–Trinajstić information content (AvgIpc) is 2.72. The molecular formula is C11H23NO3. The number of nitriles is 1. The summed E-state index contributed by atoms with van der Waals surface area (Å²) < 4.78 is 13.8.